The molecule has 1 unspecified atom stereocenters. The highest BCUT2D eigenvalue weighted by molar-refractivity contribution is 7.84. The monoisotopic (exact) mass is 245 g/mol. The van der Waals surface area contributed by atoms with E-state index < -0.39 is 10.8 Å². The van der Waals surface area contributed by atoms with Crippen LogP contribution < -0.4 is 15.6 Å². The number of aromatic nitrogens is 2. The van der Waals surface area contributed by atoms with Gasteiger partial charge in [-0.3, -0.25) is 9.00 Å². The fraction of sp³-hybridized carbons (Fsp3) is 0.556. The van der Waals surface area contributed by atoms with Crippen LogP contribution in [-0.4, -0.2) is 39.3 Å². The molecule has 7 heteroatoms. The molecule has 0 aliphatic heterocycles. The molecule has 0 saturated heterocycles. The van der Waals surface area contributed by atoms with E-state index in [2.05, 4.69) is 15.3 Å². The maximum Gasteiger partial charge on any atom is 0.295 e. The average molecular weight is 245 g/mol. The van der Waals surface area contributed by atoms with Crippen molar-refractivity contribution in [2.75, 3.05) is 30.5 Å². The van der Waals surface area contributed by atoms with Gasteiger partial charge in [0.15, 0.2) is 5.82 Å². The second kappa shape index (κ2) is 6.26. The van der Waals surface area contributed by atoms with E-state index >= 15 is 0 Å². The van der Waals surface area contributed by atoms with Gasteiger partial charge in [-0.2, -0.15) is 0 Å². The van der Waals surface area contributed by atoms with Crippen LogP contribution in [0.25, 0.3) is 0 Å². The Hall–Kier alpha value is -1.37. The minimum absolute atomic E-state index is 0.143. The van der Waals surface area contributed by atoms with Gasteiger partial charge in [0.1, 0.15) is 0 Å². The molecule has 0 spiro atoms. The Morgan fingerprint density at radius 1 is 1.62 bits per heavy atom. The predicted octanol–water partition coefficient (Wildman–Crippen LogP) is -0.0410. The molecule has 1 aromatic rings. The highest BCUT2D eigenvalue weighted by Gasteiger charge is 2.08. The first-order valence-electron chi connectivity index (χ1n) is 4.89. The van der Waals surface area contributed by atoms with Crippen LogP contribution in [-0.2, 0) is 10.8 Å². The lowest BCUT2D eigenvalue weighted by Crippen LogP contribution is -2.17. The Balaban J connectivity index is 2.63. The number of anilines is 1. The molecule has 0 aliphatic rings. The van der Waals surface area contributed by atoms with E-state index in [1.54, 1.807) is 0 Å². The number of nitrogens with zero attached hydrogens (tertiary/aromatic N) is 1. The lowest BCUT2D eigenvalue weighted by Gasteiger charge is -2.07. The number of rotatable bonds is 6. The smallest absolute Gasteiger partial charge is 0.295 e. The zero-order valence-electron chi connectivity index (χ0n) is 9.28. The quantitative estimate of drug-likeness (QED) is 0.734. The van der Waals surface area contributed by atoms with Crippen molar-refractivity contribution in [3.63, 3.8) is 0 Å². The van der Waals surface area contributed by atoms with Crippen LogP contribution in [0.4, 0.5) is 5.82 Å². The van der Waals surface area contributed by atoms with Crippen molar-refractivity contribution in [2.45, 2.75) is 6.92 Å². The van der Waals surface area contributed by atoms with Gasteiger partial charge < -0.3 is 15.0 Å². The maximum absolute atomic E-state index is 11.3. The van der Waals surface area contributed by atoms with Crippen LogP contribution >= 0.6 is 0 Å². The molecule has 1 heterocycles. The lowest BCUT2D eigenvalue weighted by molar-refractivity contribution is 0.408. The van der Waals surface area contributed by atoms with Crippen LogP contribution in [0.15, 0.2) is 11.1 Å². The standard InChI is InChI=1S/C9H15N3O3S/c1-3-16(14)5-4-10-8-7(15-2)9(13)12-6-11-8/h6H,3-5H2,1-2H3,(H2,10,11,12,13). The van der Waals surface area contributed by atoms with Crippen molar-refractivity contribution in [3.8, 4) is 5.75 Å². The summed E-state index contributed by atoms with van der Waals surface area (Å²) in [6.45, 7) is 2.36. The zero-order valence-corrected chi connectivity index (χ0v) is 10.1. The second-order valence-electron chi connectivity index (χ2n) is 2.97. The van der Waals surface area contributed by atoms with Gasteiger partial charge in [0.25, 0.3) is 5.56 Å². The molecular formula is C9H15N3O3S. The molecule has 6 nitrogen and oxygen atoms in total. The first kappa shape index (κ1) is 12.7. The lowest BCUT2D eigenvalue weighted by atomic mass is 10.5. The van der Waals surface area contributed by atoms with Crippen LogP contribution in [0.2, 0.25) is 0 Å². The first-order valence-corrected chi connectivity index (χ1v) is 6.38. The molecule has 90 valence electrons. The highest BCUT2D eigenvalue weighted by Crippen LogP contribution is 2.13. The summed E-state index contributed by atoms with van der Waals surface area (Å²) in [5.41, 5.74) is -0.336. The van der Waals surface area contributed by atoms with E-state index in [-0.39, 0.29) is 11.3 Å². The van der Waals surface area contributed by atoms with E-state index in [4.69, 9.17) is 4.74 Å². The van der Waals surface area contributed by atoms with Crippen molar-refractivity contribution in [3.05, 3.63) is 16.7 Å². The van der Waals surface area contributed by atoms with Crippen molar-refractivity contribution in [2.24, 2.45) is 0 Å². The van der Waals surface area contributed by atoms with E-state index in [9.17, 15) is 9.00 Å². The molecule has 0 saturated carbocycles. The van der Waals surface area contributed by atoms with Crippen LogP contribution in [0.1, 0.15) is 6.92 Å². The second-order valence-corrected chi connectivity index (χ2v) is 4.84. The summed E-state index contributed by atoms with van der Waals surface area (Å²) in [5, 5.41) is 2.92. The topological polar surface area (TPSA) is 84.1 Å². The van der Waals surface area contributed by atoms with Gasteiger partial charge in [-0.25, -0.2) is 4.98 Å². The minimum atomic E-state index is -0.832. The fourth-order valence-corrected chi connectivity index (χ4v) is 1.75. The van der Waals surface area contributed by atoms with Gasteiger partial charge in [0.2, 0.25) is 5.75 Å². The Morgan fingerprint density at radius 2 is 2.38 bits per heavy atom. The number of ether oxygens (including phenoxy) is 1. The number of nitrogens with one attached hydrogen (secondary N) is 2. The van der Waals surface area contributed by atoms with Crippen molar-refractivity contribution < 1.29 is 8.95 Å². The summed E-state index contributed by atoms with van der Waals surface area (Å²) in [6.07, 6.45) is 1.30. The third-order valence-electron chi connectivity index (χ3n) is 1.96. The number of aromatic amines is 1. The molecule has 0 fully saturated rings. The maximum atomic E-state index is 11.3. The summed E-state index contributed by atoms with van der Waals surface area (Å²) in [7, 11) is 0.573. The SMILES string of the molecule is CCS(=O)CCNc1nc[nH]c(=O)c1OC. The van der Waals surface area contributed by atoms with Gasteiger partial charge in [-0.05, 0) is 0 Å². The Morgan fingerprint density at radius 3 is 3.00 bits per heavy atom. The molecule has 0 aliphatic carbocycles. The van der Waals surface area contributed by atoms with Crippen molar-refractivity contribution in [1.29, 1.82) is 0 Å². The molecular weight excluding hydrogens is 230 g/mol. The molecule has 0 bridgehead atoms. The predicted molar refractivity (Wildman–Crippen MR) is 63.4 cm³/mol. The van der Waals surface area contributed by atoms with Gasteiger partial charge in [-0.15, -0.1) is 0 Å². The van der Waals surface area contributed by atoms with E-state index in [1.807, 2.05) is 6.92 Å². The number of H-pyrrole nitrogens is 1. The Kier molecular flexibility index (Phi) is 4.97. The van der Waals surface area contributed by atoms with Crippen LogP contribution in [0.3, 0.4) is 0 Å². The van der Waals surface area contributed by atoms with E-state index in [0.717, 1.165) is 0 Å². The van der Waals surface area contributed by atoms with Crippen LogP contribution in [0, 0.1) is 0 Å². The number of hydrogen-bond acceptors (Lipinski definition) is 5. The molecule has 16 heavy (non-hydrogen) atoms. The minimum Gasteiger partial charge on any atom is -0.489 e. The van der Waals surface area contributed by atoms with E-state index in [0.29, 0.717) is 23.9 Å². The van der Waals surface area contributed by atoms with Gasteiger partial charge in [0.05, 0.1) is 13.4 Å². The summed E-state index contributed by atoms with van der Waals surface area (Å²) in [5.74, 6) is 1.67. The number of methoxy groups -OCH3 is 1. The molecule has 1 rings (SSSR count). The average Bonchev–Trinajstić information content (AvgIpc) is 2.29. The van der Waals surface area contributed by atoms with Crippen molar-refractivity contribution >= 4 is 16.6 Å². The summed E-state index contributed by atoms with van der Waals surface area (Å²) < 4.78 is 16.1. The highest BCUT2D eigenvalue weighted by atomic mass is 32.2. The summed E-state index contributed by atoms with van der Waals surface area (Å²) >= 11 is 0. The van der Waals surface area contributed by atoms with Crippen molar-refractivity contribution in [1.82, 2.24) is 9.97 Å². The summed E-state index contributed by atoms with van der Waals surface area (Å²) in [4.78, 5) is 17.7. The van der Waals surface area contributed by atoms with Gasteiger partial charge in [0, 0.05) is 28.9 Å². The van der Waals surface area contributed by atoms with E-state index in [1.165, 1.54) is 13.4 Å². The largest absolute Gasteiger partial charge is 0.489 e. The first-order chi connectivity index (χ1) is 7.69. The zero-order chi connectivity index (χ0) is 12.0. The fourth-order valence-electron chi connectivity index (χ4n) is 1.13. The third kappa shape index (κ3) is 3.34. The van der Waals surface area contributed by atoms with Crippen LogP contribution in [0.5, 0.6) is 5.75 Å². The molecule has 0 aromatic carbocycles. The number of hydrogen-bond donors (Lipinski definition) is 2. The third-order valence-corrected chi connectivity index (χ3v) is 3.26. The summed E-state index contributed by atoms with van der Waals surface area (Å²) in [6, 6.07) is 0. The normalized spacial score (nSPS) is 12.1. The van der Waals surface area contributed by atoms with Gasteiger partial charge in [-0.1, -0.05) is 6.92 Å². The van der Waals surface area contributed by atoms with Gasteiger partial charge >= 0.3 is 0 Å². The Labute approximate surface area is 95.9 Å². The molecule has 0 amide bonds. The molecule has 2 N–H and O–H groups in total. The molecule has 1 atom stereocenters. The molecule has 0 radical (unpaired) electrons. The Bertz CT molecular complexity index is 419. The molecule has 1 aromatic heterocycles.